The van der Waals surface area contributed by atoms with Crippen LogP contribution in [0, 0.1) is 17.3 Å². The van der Waals surface area contributed by atoms with E-state index in [4.69, 9.17) is 17.3 Å². The molecule has 200 valence electrons. The van der Waals surface area contributed by atoms with Crippen molar-refractivity contribution in [1.82, 2.24) is 4.90 Å². The van der Waals surface area contributed by atoms with Gasteiger partial charge in [-0.25, -0.2) is 0 Å². The van der Waals surface area contributed by atoms with Crippen LogP contribution in [0.2, 0.25) is 5.02 Å². The Morgan fingerprint density at radius 3 is 2.46 bits per heavy atom. The second kappa shape index (κ2) is 9.15. The first-order chi connectivity index (χ1) is 17.1. The first-order valence-corrected chi connectivity index (χ1v) is 12.6. The van der Waals surface area contributed by atoms with E-state index in [0.717, 1.165) is 13.0 Å². The van der Waals surface area contributed by atoms with Gasteiger partial charge in [-0.3, -0.25) is 14.4 Å². The smallest absolute Gasteiger partial charge is 0.255 e. The van der Waals surface area contributed by atoms with Crippen LogP contribution in [-0.2, 0) is 27.3 Å². The molecule has 3 aliphatic rings. The largest absolute Gasteiger partial charge is 0.508 e. The number of rotatable bonds is 5. The topological polar surface area (TPSA) is 161 Å². The van der Waals surface area contributed by atoms with Crippen LogP contribution in [-0.4, -0.2) is 62.0 Å². The van der Waals surface area contributed by atoms with Crippen LogP contribution < -0.4 is 5.73 Å². The molecule has 1 saturated carbocycles. The van der Waals surface area contributed by atoms with Gasteiger partial charge in [0.15, 0.2) is 11.4 Å². The number of carbonyl (C=O) groups excluding carboxylic acids is 3. The molecule has 0 aromatic heterocycles. The van der Waals surface area contributed by atoms with Gasteiger partial charge in [0, 0.05) is 29.5 Å². The lowest BCUT2D eigenvalue weighted by atomic mass is 9.59. The van der Waals surface area contributed by atoms with E-state index in [0.29, 0.717) is 22.7 Å². The summed E-state index contributed by atoms with van der Waals surface area (Å²) in [5.41, 5.74) is 2.93. The minimum Gasteiger partial charge on any atom is -0.508 e. The number of benzene rings is 1. The molecule has 1 aromatic carbocycles. The molecule has 0 aliphatic heterocycles. The van der Waals surface area contributed by atoms with E-state index in [-0.39, 0.29) is 41.6 Å². The van der Waals surface area contributed by atoms with E-state index in [1.54, 1.807) is 0 Å². The van der Waals surface area contributed by atoms with Crippen LogP contribution in [0.15, 0.2) is 23.0 Å². The summed E-state index contributed by atoms with van der Waals surface area (Å²) in [5, 5.41) is 44.3. The Labute approximate surface area is 220 Å². The molecule has 0 radical (unpaired) electrons. The zero-order valence-electron chi connectivity index (χ0n) is 21.4. The first kappa shape index (κ1) is 27.2. The van der Waals surface area contributed by atoms with Gasteiger partial charge in [-0.1, -0.05) is 32.4 Å². The lowest BCUT2D eigenvalue weighted by Crippen LogP contribution is -2.58. The van der Waals surface area contributed by atoms with Crippen molar-refractivity contribution >= 4 is 34.8 Å². The third kappa shape index (κ3) is 4.43. The predicted octanol–water partition coefficient (Wildman–Crippen LogP) is 2.95. The molecule has 0 heterocycles. The number of aliphatic hydroxyl groups excluding tert-OH is 2. The van der Waals surface area contributed by atoms with Gasteiger partial charge in [-0.15, -0.1) is 0 Å². The Balaban J connectivity index is 1.76. The molecular weight excluding hydrogens is 500 g/mol. The number of primary amides is 1. The van der Waals surface area contributed by atoms with Crippen LogP contribution in [0.3, 0.4) is 0 Å². The molecule has 1 fully saturated rings. The van der Waals surface area contributed by atoms with Gasteiger partial charge in [0.05, 0.1) is 5.56 Å². The van der Waals surface area contributed by atoms with Crippen molar-refractivity contribution in [1.29, 1.82) is 0 Å². The van der Waals surface area contributed by atoms with Gasteiger partial charge in [-0.2, -0.15) is 0 Å². The van der Waals surface area contributed by atoms with E-state index in [1.165, 1.54) is 6.07 Å². The number of nitrogens with zero attached hydrogens (tertiary/aromatic N) is 1. The fourth-order valence-electron chi connectivity index (χ4n) is 5.74. The minimum atomic E-state index is -2.58. The van der Waals surface area contributed by atoms with Gasteiger partial charge in [0.1, 0.15) is 22.8 Å². The summed E-state index contributed by atoms with van der Waals surface area (Å²) < 4.78 is 0. The third-order valence-electron chi connectivity index (χ3n) is 7.76. The van der Waals surface area contributed by atoms with Crippen molar-refractivity contribution in [3.05, 3.63) is 44.7 Å². The fourth-order valence-corrected chi connectivity index (χ4v) is 6.02. The average Bonchev–Trinajstić information content (AvgIpc) is 2.77. The summed E-state index contributed by atoms with van der Waals surface area (Å²) in [6.07, 6.45) is 0.840. The van der Waals surface area contributed by atoms with Crippen molar-refractivity contribution in [3.8, 4) is 5.75 Å². The Bertz CT molecular complexity index is 1280. The number of carbonyl (C=O) groups is 3. The van der Waals surface area contributed by atoms with Gasteiger partial charge < -0.3 is 31.1 Å². The normalized spacial score (nSPS) is 25.8. The van der Waals surface area contributed by atoms with Crippen molar-refractivity contribution in [2.45, 2.75) is 58.6 Å². The van der Waals surface area contributed by atoms with E-state index in [1.807, 2.05) is 7.05 Å². The molecule has 4 rings (SSSR count). The number of amides is 1. The lowest BCUT2D eigenvalue weighted by molar-refractivity contribution is -0.147. The highest BCUT2D eigenvalue weighted by atomic mass is 35.5. The molecule has 0 bridgehead atoms. The Morgan fingerprint density at radius 2 is 1.86 bits per heavy atom. The maximum absolute atomic E-state index is 13.5. The number of hydrogen-bond acceptors (Lipinski definition) is 8. The summed E-state index contributed by atoms with van der Waals surface area (Å²) in [6, 6.07) is 1.46. The first-order valence-electron chi connectivity index (χ1n) is 12.3. The molecule has 0 spiro atoms. The number of halogens is 1. The Kier molecular flexibility index (Phi) is 6.72. The van der Waals surface area contributed by atoms with Gasteiger partial charge in [0.2, 0.25) is 5.78 Å². The van der Waals surface area contributed by atoms with Crippen molar-refractivity contribution in [2.75, 3.05) is 13.6 Å². The zero-order valence-corrected chi connectivity index (χ0v) is 22.1. The zero-order chi connectivity index (χ0) is 27.6. The predicted molar refractivity (Wildman–Crippen MR) is 137 cm³/mol. The summed E-state index contributed by atoms with van der Waals surface area (Å²) in [6.45, 7) is 7.73. The van der Waals surface area contributed by atoms with Crippen molar-refractivity contribution in [2.24, 2.45) is 23.0 Å². The third-order valence-corrected chi connectivity index (χ3v) is 8.23. The molecule has 6 N–H and O–H groups in total. The second-order valence-corrected chi connectivity index (χ2v) is 12.1. The quantitative estimate of drug-likeness (QED) is 0.361. The van der Waals surface area contributed by atoms with Crippen LogP contribution in [0.1, 0.15) is 56.7 Å². The van der Waals surface area contributed by atoms with Gasteiger partial charge in [0.25, 0.3) is 5.91 Å². The number of phenols is 1. The van der Waals surface area contributed by atoms with E-state index in [2.05, 4.69) is 25.7 Å². The van der Waals surface area contributed by atoms with Gasteiger partial charge in [-0.05, 0) is 61.4 Å². The molecule has 1 amide bonds. The summed E-state index contributed by atoms with van der Waals surface area (Å²) in [4.78, 5) is 39.8. The molecule has 9 nitrogen and oxygen atoms in total. The van der Waals surface area contributed by atoms with E-state index < -0.39 is 52.0 Å². The molecule has 3 atom stereocenters. The summed E-state index contributed by atoms with van der Waals surface area (Å²) in [5.74, 6) is -6.56. The molecule has 1 unspecified atom stereocenters. The summed E-state index contributed by atoms with van der Waals surface area (Å²) >= 11 is 6.77. The number of hydrogen-bond donors (Lipinski definition) is 5. The molecule has 1 aromatic rings. The average molecular weight is 533 g/mol. The van der Waals surface area contributed by atoms with Crippen LogP contribution in [0.25, 0.3) is 5.76 Å². The number of nitrogens with two attached hydrogens (primary N) is 1. The lowest BCUT2D eigenvalue weighted by Gasteiger charge is -2.46. The number of Topliss-reactive ketones (excluding diaryl/α,β-unsaturated/α-hetero) is 2. The van der Waals surface area contributed by atoms with E-state index >= 15 is 0 Å². The Morgan fingerprint density at radius 1 is 1.22 bits per heavy atom. The molecule has 0 saturated heterocycles. The number of fused-ring (bicyclic) bond motifs is 3. The number of aromatic hydroxyl groups is 1. The fraction of sp³-hybridized carbons (Fsp3) is 0.519. The van der Waals surface area contributed by atoms with Crippen LogP contribution >= 0.6 is 11.6 Å². The number of phenolic OH excluding ortho intramolecular Hbond substituents is 1. The molecular formula is C27H33ClN2O7. The monoisotopic (exact) mass is 532 g/mol. The molecule has 3 aliphatic carbocycles. The summed E-state index contributed by atoms with van der Waals surface area (Å²) in [7, 11) is 1.95. The minimum absolute atomic E-state index is 0.00164. The molecule has 37 heavy (non-hydrogen) atoms. The second-order valence-electron chi connectivity index (χ2n) is 11.7. The van der Waals surface area contributed by atoms with Crippen LogP contribution in [0.5, 0.6) is 5.75 Å². The molecule has 10 heteroatoms. The Hall–Kier alpha value is -2.88. The van der Waals surface area contributed by atoms with Crippen molar-refractivity contribution in [3.63, 3.8) is 0 Å². The maximum Gasteiger partial charge on any atom is 0.255 e. The maximum atomic E-state index is 13.5. The standard InChI is InChI=1S/C27H33ClN2O7/c1-26(2,3)5-6-30(4)11-13-9-16(31)19-15(21(13)28)8-12-7-14-10-17(32)20(25(29)36)24(35)27(14,37)23(34)18(12)22(19)33/h9,12,14,31,33,35,37H,5-8,10-11H2,1-4H3,(H2,29,36)/t12?,14-,27-/m0/s1. The van der Waals surface area contributed by atoms with Gasteiger partial charge >= 0.3 is 0 Å². The number of aliphatic hydroxyl groups is 3. The highest BCUT2D eigenvalue weighted by Gasteiger charge is 2.60. The van der Waals surface area contributed by atoms with E-state index in [9.17, 15) is 34.8 Å². The highest BCUT2D eigenvalue weighted by molar-refractivity contribution is 6.32. The number of ketones is 2. The SMILES string of the molecule is CN(CCC(C)(C)C)Cc1cc(O)c2c(c1Cl)CC1C[C@H]3CC(=O)C(C(N)=O)=C(O)[C@@]3(O)C(=O)C1=C2O. The highest BCUT2D eigenvalue weighted by Crippen LogP contribution is 2.53. The van der Waals surface area contributed by atoms with Crippen molar-refractivity contribution < 1.29 is 34.8 Å². The van der Waals surface area contributed by atoms with Crippen LogP contribution in [0.4, 0.5) is 0 Å².